The summed E-state index contributed by atoms with van der Waals surface area (Å²) in [5, 5.41) is 2.33. The normalized spacial score (nSPS) is 10.1. The zero-order chi connectivity index (χ0) is 10.2. The minimum Gasteiger partial charge on any atom is -0.330 e. The van der Waals surface area contributed by atoms with Crippen molar-refractivity contribution in [3.63, 3.8) is 0 Å². The van der Waals surface area contributed by atoms with Gasteiger partial charge in [0.1, 0.15) is 0 Å². The van der Waals surface area contributed by atoms with Crippen LogP contribution >= 0.6 is 12.2 Å². The topological polar surface area (TPSA) is 38.4 Å². The minimum atomic E-state index is 0.684. The number of aliphatic imine (C=N–C) groups is 1. The minimum absolute atomic E-state index is 0.684. The Kier molecular flexibility index (Phi) is 4.79. The highest BCUT2D eigenvalue weighted by molar-refractivity contribution is 7.78. The third-order valence-electron chi connectivity index (χ3n) is 1.71. The lowest BCUT2D eigenvalue weighted by Crippen LogP contribution is -1.94. The maximum Gasteiger partial charge on any atom is 0.0739 e. The van der Waals surface area contributed by atoms with Crippen LogP contribution in [0.15, 0.2) is 35.3 Å². The molecule has 0 atom stereocenters. The van der Waals surface area contributed by atoms with Crippen LogP contribution in [0, 0.1) is 0 Å². The molecule has 2 N–H and O–H groups in total. The molecule has 0 radical (unpaired) electrons. The molecule has 1 rings (SSSR count). The van der Waals surface area contributed by atoms with Crippen molar-refractivity contribution >= 4 is 29.1 Å². The van der Waals surface area contributed by atoms with Crippen LogP contribution in [0.4, 0.5) is 5.69 Å². The molecule has 3 heteroatoms. The number of isothiocyanates is 1. The molecule has 0 amide bonds. The average molecular weight is 204 g/mol. The van der Waals surface area contributed by atoms with Crippen LogP contribution in [-0.4, -0.2) is 11.7 Å². The van der Waals surface area contributed by atoms with Crippen molar-refractivity contribution < 1.29 is 0 Å². The number of thiocarbonyl (C=S) groups is 1. The summed E-state index contributed by atoms with van der Waals surface area (Å²) in [6.07, 6.45) is 5.00. The number of rotatable bonds is 4. The zero-order valence-electron chi connectivity index (χ0n) is 7.81. The quantitative estimate of drug-likeness (QED) is 0.605. The van der Waals surface area contributed by atoms with Crippen LogP contribution in [0.3, 0.4) is 0 Å². The van der Waals surface area contributed by atoms with Gasteiger partial charge in [-0.25, -0.2) is 0 Å². The first-order chi connectivity index (χ1) is 6.86. The summed E-state index contributed by atoms with van der Waals surface area (Å²) >= 11 is 4.51. The van der Waals surface area contributed by atoms with Crippen LogP contribution in [-0.2, 0) is 0 Å². The number of hydrogen-bond donors (Lipinski definition) is 1. The molecule has 0 aliphatic carbocycles. The van der Waals surface area contributed by atoms with Gasteiger partial charge in [-0.15, -0.1) is 0 Å². The molecule has 0 unspecified atom stereocenters. The van der Waals surface area contributed by atoms with E-state index in [0.29, 0.717) is 6.54 Å². The van der Waals surface area contributed by atoms with E-state index >= 15 is 0 Å². The summed E-state index contributed by atoms with van der Waals surface area (Å²) in [7, 11) is 0. The Labute approximate surface area is 89.2 Å². The predicted molar refractivity (Wildman–Crippen MR) is 63.8 cm³/mol. The fraction of sp³-hybridized carbons (Fsp3) is 0.182. The van der Waals surface area contributed by atoms with Gasteiger partial charge in [-0.1, -0.05) is 24.3 Å². The van der Waals surface area contributed by atoms with Gasteiger partial charge in [-0.05, 0) is 42.9 Å². The lowest BCUT2D eigenvalue weighted by atomic mass is 10.2. The van der Waals surface area contributed by atoms with E-state index in [1.165, 1.54) is 0 Å². The van der Waals surface area contributed by atoms with Gasteiger partial charge in [-0.3, -0.25) is 0 Å². The largest absolute Gasteiger partial charge is 0.330 e. The summed E-state index contributed by atoms with van der Waals surface area (Å²) in [5.74, 6) is 0. The van der Waals surface area contributed by atoms with Crippen molar-refractivity contribution in [2.45, 2.75) is 6.42 Å². The molecule has 0 saturated heterocycles. The number of benzene rings is 1. The Balaban J connectivity index is 2.68. The molecule has 14 heavy (non-hydrogen) atoms. The second-order valence-corrected chi connectivity index (χ2v) is 2.96. The molecule has 0 aliphatic heterocycles. The van der Waals surface area contributed by atoms with Crippen molar-refractivity contribution in [2.75, 3.05) is 6.54 Å². The van der Waals surface area contributed by atoms with E-state index in [9.17, 15) is 0 Å². The van der Waals surface area contributed by atoms with Gasteiger partial charge in [0.25, 0.3) is 0 Å². The summed E-state index contributed by atoms with van der Waals surface area (Å²) in [6.45, 7) is 0.684. The molecule has 0 aromatic heterocycles. The molecular weight excluding hydrogens is 192 g/mol. The number of nitrogens with two attached hydrogens (primary N) is 1. The lowest BCUT2D eigenvalue weighted by molar-refractivity contribution is 1.01. The molecule has 0 spiro atoms. The Morgan fingerprint density at radius 3 is 2.64 bits per heavy atom. The SMILES string of the molecule is NCCC=Cc1ccc(N=C=S)cc1. The molecule has 1 aromatic rings. The van der Waals surface area contributed by atoms with Crippen LogP contribution in [0.5, 0.6) is 0 Å². The second-order valence-electron chi connectivity index (χ2n) is 2.77. The molecule has 0 saturated carbocycles. The van der Waals surface area contributed by atoms with E-state index in [4.69, 9.17) is 5.73 Å². The van der Waals surface area contributed by atoms with E-state index in [0.717, 1.165) is 17.7 Å². The fourth-order valence-corrected chi connectivity index (χ4v) is 1.13. The van der Waals surface area contributed by atoms with E-state index < -0.39 is 0 Å². The molecule has 2 nitrogen and oxygen atoms in total. The molecular formula is C11H12N2S. The third-order valence-corrected chi connectivity index (χ3v) is 1.80. The van der Waals surface area contributed by atoms with Crippen molar-refractivity contribution in [3.8, 4) is 0 Å². The van der Waals surface area contributed by atoms with Gasteiger partial charge in [0.2, 0.25) is 0 Å². The van der Waals surface area contributed by atoms with Crippen molar-refractivity contribution in [1.82, 2.24) is 0 Å². The Morgan fingerprint density at radius 2 is 2.07 bits per heavy atom. The van der Waals surface area contributed by atoms with Gasteiger partial charge < -0.3 is 5.73 Å². The summed E-state index contributed by atoms with van der Waals surface area (Å²) < 4.78 is 0. The Hall–Kier alpha value is -1.28. The smallest absolute Gasteiger partial charge is 0.0739 e. The molecule has 72 valence electrons. The molecule has 0 fully saturated rings. The van der Waals surface area contributed by atoms with E-state index in [2.05, 4.69) is 28.4 Å². The van der Waals surface area contributed by atoms with Crippen LogP contribution in [0.25, 0.3) is 6.08 Å². The standard InChI is InChI=1S/C11H12N2S/c12-8-2-1-3-10-4-6-11(7-5-10)13-9-14/h1,3-7H,2,8,12H2. The maximum absolute atomic E-state index is 5.37. The van der Waals surface area contributed by atoms with Gasteiger partial charge in [0.15, 0.2) is 0 Å². The first-order valence-electron chi connectivity index (χ1n) is 4.41. The predicted octanol–water partition coefficient (Wildman–Crippen LogP) is 2.78. The first kappa shape index (κ1) is 10.8. The lowest BCUT2D eigenvalue weighted by Gasteiger charge is -1.93. The monoisotopic (exact) mass is 204 g/mol. The summed E-state index contributed by atoms with van der Waals surface area (Å²) in [5.41, 5.74) is 7.34. The summed E-state index contributed by atoms with van der Waals surface area (Å²) in [6, 6.07) is 7.78. The van der Waals surface area contributed by atoms with Gasteiger partial charge in [0.05, 0.1) is 10.8 Å². The summed E-state index contributed by atoms with van der Waals surface area (Å²) in [4.78, 5) is 3.86. The van der Waals surface area contributed by atoms with E-state index in [1.807, 2.05) is 30.3 Å². The molecule has 0 bridgehead atoms. The van der Waals surface area contributed by atoms with Crippen molar-refractivity contribution in [2.24, 2.45) is 10.7 Å². The van der Waals surface area contributed by atoms with Crippen LogP contribution in [0.2, 0.25) is 0 Å². The molecule has 0 heterocycles. The highest BCUT2D eigenvalue weighted by atomic mass is 32.1. The van der Waals surface area contributed by atoms with Crippen LogP contribution < -0.4 is 5.73 Å². The maximum atomic E-state index is 5.37. The van der Waals surface area contributed by atoms with Gasteiger partial charge in [0, 0.05) is 0 Å². The second kappa shape index (κ2) is 6.22. The number of nitrogens with zero attached hydrogens (tertiary/aromatic N) is 1. The van der Waals surface area contributed by atoms with E-state index in [-0.39, 0.29) is 0 Å². The highest BCUT2D eigenvalue weighted by Gasteiger charge is 1.88. The Bertz CT molecular complexity index is 348. The van der Waals surface area contributed by atoms with Gasteiger partial charge >= 0.3 is 0 Å². The Morgan fingerprint density at radius 1 is 1.36 bits per heavy atom. The van der Waals surface area contributed by atoms with Crippen molar-refractivity contribution in [1.29, 1.82) is 0 Å². The molecule has 0 aliphatic rings. The van der Waals surface area contributed by atoms with Gasteiger partial charge in [-0.2, -0.15) is 4.99 Å². The molecule has 1 aromatic carbocycles. The zero-order valence-corrected chi connectivity index (χ0v) is 8.63. The number of hydrogen-bond acceptors (Lipinski definition) is 3. The average Bonchev–Trinajstić information content (AvgIpc) is 2.21. The van der Waals surface area contributed by atoms with Crippen molar-refractivity contribution in [3.05, 3.63) is 35.9 Å². The third kappa shape index (κ3) is 3.62. The fourth-order valence-electron chi connectivity index (χ4n) is 1.03. The van der Waals surface area contributed by atoms with Crippen LogP contribution in [0.1, 0.15) is 12.0 Å². The first-order valence-corrected chi connectivity index (χ1v) is 4.82. The highest BCUT2D eigenvalue weighted by Crippen LogP contribution is 2.13. The van der Waals surface area contributed by atoms with E-state index in [1.54, 1.807) is 0 Å².